The Morgan fingerprint density at radius 3 is 1.85 bits per heavy atom. The minimum absolute atomic E-state index is 0. The maximum Gasteiger partial charge on any atom is 0.0109 e. The first-order valence-corrected chi connectivity index (χ1v) is 9.32. The summed E-state index contributed by atoms with van der Waals surface area (Å²) in [5, 5.41) is 13.8. The molecule has 1 aromatic carbocycles. The zero-order chi connectivity index (χ0) is 19.2. The van der Waals surface area contributed by atoms with Crippen LogP contribution in [0.4, 0.5) is 0 Å². The molecule has 4 heteroatoms. The average molecular weight is 698 g/mol. The van der Waals surface area contributed by atoms with Gasteiger partial charge in [-0.05, 0) is 22.8 Å². The Morgan fingerprint density at radius 1 is 0.808 bits per heavy atom. The minimum atomic E-state index is -0.423. The summed E-state index contributed by atoms with van der Waals surface area (Å²) in [4.78, 5) is 0. The van der Waals surface area contributed by atoms with Gasteiger partial charge in [0.25, 0.3) is 0 Å². The number of hydrogen-bond acceptors (Lipinski definition) is 1. The fourth-order valence-electron chi connectivity index (χ4n) is 2.29. The van der Waals surface area contributed by atoms with Crippen LogP contribution in [0.2, 0.25) is 0 Å². The molecule has 1 aromatic rings. The van der Waals surface area contributed by atoms with Gasteiger partial charge < -0.3 is 10.4 Å². The molecule has 0 fully saturated rings. The van der Waals surface area contributed by atoms with Crippen LogP contribution in [0.1, 0.15) is 73.4 Å². The summed E-state index contributed by atoms with van der Waals surface area (Å²) >= 11 is 0. The van der Waals surface area contributed by atoms with Gasteiger partial charge in [-0.25, -0.2) is 0 Å². The molecule has 0 amide bonds. The third kappa shape index (κ3) is 8.87. The van der Waals surface area contributed by atoms with Gasteiger partial charge in [0, 0.05) is 48.0 Å². The van der Waals surface area contributed by atoms with Gasteiger partial charge in [0.1, 0.15) is 0 Å². The summed E-state index contributed by atoms with van der Waals surface area (Å²) < 4.78 is 0. The number of fused-ring (bicyclic) bond motifs is 3. The van der Waals surface area contributed by atoms with E-state index in [2.05, 4.69) is 23.5 Å². The molecule has 2 nitrogen and oxygen atoms in total. The van der Waals surface area contributed by atoms with Crippen LogP contribution in [0.5, 0.6) is 0 Å². The Balaban J connectivity index is -0.000000216. The van der Waals surface area contributed by atoms with Crippen molar-refractivity contribution in [1.82, 2.24) is 0 Å². The van der Waals surface area contributed by atoms with E-state index in [4.69, 9.17) is 0 Å². The van der Waals surface area contributed by atoms with Gasteiger partial charge >= 0.3 is 0 Å². The van der Waals surface area contributed by atoms with E-state index in [-0.39, 0.29) is 48.0 Å². The van der Waals surface area contributed by atoms with E-state index in [1.54, 1.807) is 6.08 Å². The summed E-state index contributed by atoms with van der Waals surface area (Å²) in [7, 11) is 0. The van der Waals surface area contributed by atoms with Crippen LogP contribution in [0.3, 0.4) is 0 Å². The number of aliphatic hydroxyl groups is 1. The van der Waals surface area contributed by atoms with Crippen LogP contribution in [-0.4, -0.2) is 10.6 Å². The van der Waals surface area contributed by atoms with Crippen molar-refractivity contribution in [3.63, 3.8) is 0 Å². The summed E-state index contributed by atoms with van der Waals surface area (Å²) in [5.41, 5.74) is 3.12. The largest absolute Gasteiger partial charge is 0.642 e. The second-order valence-corrected chi connectivity index (χ2v) is 4.29. The number of aliphatic hydroxyl groups excluding tert-OH is 1. The monoisotopic (exact) mass is 698 g/mol. The van der Waals surface area contributed by atoms with Gasteiger partial charge in [-0.2, -0.15) is 0 Å². The van der Waals surface area contributed by atoms with Crippen molar-refractivity contribution >= 4 is 11.6 Å². The fraction of sp³-hybridized carbons (Fsp3) is 0.455. The van der Waals surface area contributed by atoms with E-state index in [9.17, 15) is 5.11 Å². The standard InChI is InChI=1S/C14H12NO.4C2H6.2W/c1-14-9-8-10-4-2-3-5-11(10)12(14)6-7-13(16)15-14;4*1-2;;/h2-9,16H,1H3;4*1-2H3;;/q-1;;;;;;. The third-order valence-corrected chi connectivity index (χ3v) is 3.13. The quantitative estimate of drug-likeness (QED) is 0.296. The first-order valence-electron chi connectivity index (χ1n) is 9.32. The molecule has 0 spiro atoms. The molecule has 1 unspecified atom stereocenters. The van der Waals surface area contributed by atoms with Gasteiger partial charge in [-0.1, -0.05) is 110 Å². The number of nitrogens with zero attached hydrogens (tertiary/aromatic N) is 1. The maximum absolute atomic E-state index is 9.48. The Morgan fingerprint density at radius 2 is 1.31 bits per heavy atom. The summed E-state index contributed by atoms with van der Waals surface area (Å²) in [6, 6.07) is 8.23. The van der Waals surface area contributed by atoms with Gasteiger partial charge in [0.2, 0.25) is 0 Å². The predicted molar refractivity (Wildman–Crippen MR) is 111 cm³/mol. The Labute approximate surface area is 190 Å². The molecule has 1 aliphatic carbocycles. The van der Waals surface area contributed by atoms with E-state index < -0.39 is 5.54 Å². The number of rotatable bonds is 0. The van der Waals surface area contributed by atoms with Crippen LogP contribution in [-0.2, 0) is 42.1 Å². The van der Waals surface area contributed by atoms with Crippen molar-refractivity contribution in [2.75, 3.05) is 0 Å². The molecule has 0 saturated carbocycles. The second-order valence-electron chi connectivity index (χ2n) is 4.29. The van der Waals surface area contributed by atoms with Crippen molar-refractivity contribution in [3.05, 3.63) is 64.8 Å². The molecule has 1 N–H and O–H groups in total. The Bertz CT molecular complexity index is 551. The predicted octanol–water partition coefficient (Wildman–Crippen LogP) is 7.74. The zero-order valence-corrected chi connectivity index (χ0v) is 23.7. The average Bonchev–Trinajstić information content (AvgIpc) is 2.67. The van der Waals surface area contributed by atoms with Gasteiger partial charge in [-0.15, -0.1) is 0 Å². The number of benzene rings is 1. The SMILES string of the molecule is CC.CC.CC.CC.CC12C=Cc3ccccc3C1=CC=C(O)[N-]2.[W].[W]. The molecule has 2 aliphatic rings. The molecule has 0 aromatic heterocycles. The summed E-state index contributed by atoms with van der Waals surface area (Å²) in [5.74, 6) is 0.0929. The zero-order valence-electron chi connectivity index (χ0n) is 17.8. The Kier molecular flexibility index (Phi) is 24.4. The van der Waals surface area contributed by atoms with E-state index in [1.165, 1.54) is 11.1 Å². The van der Waals surface area contributed by atoms with Crippen molar-refractivity contribution in [1.29, 1.82) is 0 Å². The van der Waals surface area contributed by atoms with Crippen LogP contribution in [0.15, 0.2) is 48.4 Å². The Hall–Kier alpha value is -0.583. The van der Waals surface area contributed by atoms with Crippen molar-refractivity contribution in [3.8, 4) is 0 Å². The van der Waals surface area contributed by atoms with Crippen molar-refractivity contribution in [2.45, 2.75) is 67.9 Å². The summed E-state index contributed by atoms with van der Waals surface area (Å²) in [6.07, 6.45) is 7.69. The van der Waals surface area contributed by atoms with Gasteiger partial charge in [0.05, 0.1) is 0 Å². The van der Waals surface area contributed by atoms with Gasteiger partial charge in [-0.3, -0.25) is 0 Å². The van der Waals surface area contributed by atoms with E-state index in [0.29, 0.717) is 0 Å². The van der Waals surface area contributed by atoms with Crippen LogP contribution < -0.4 is 0 Å². The molecule has 1 aliphatic heterocycles. The molecule has 1 atom stereocenters. The summed E-state index contributed by atoms with van der Waals surface area (Å²) in [6.45, 7) is 18.0. The van der Waals surface area contributed by atoms with E-state index in [1.807, 2.05) is 86.6 Å². The fourth-order valence-corrected chi connectivity index (χ4v) is 2.29. The number of allylic oxidation sites excluding steroid dienone is 2. The second kappa shape index (κ2) is 19.2. The molecule has 0 radical (unpaired) electrons. The molecule has 0 saturated heterocycles. The minimum Gasteiger partial charge on any atom is -0.642 e. The molecule has 148 valence electrons. The number of hydrogen-bond donors (Lipinski definition) is 1. The molecular formula is C22H36NOW2-. The first-order chi connectivity index (χ1) is 11.7. The smallest absolute Gasteiger partial charge is 0.0109 e. The normalized spacial score (nSPS) is 17.0. The molecule has 1 heterocycles. The molecule has 0 bridgehead atoms. The van der Waals surface area contributed by atoms with Crippen molar-refractivity contribution < 1.29 is 47.2 Å². The molecule has 3 rings (SSSR count). The van der Waals surface area contributed by atoms with Crippen LogP contribution in [0, 0.1) is 0 Å². The van der Waals surface area contributed by atoms with Crippen LogP contribution in [0.25, 0.3) is 17.0 Å². The maximum atomic E-state index is 9.48. The molecule has 26 heavy (non-hydrogen) atoms. The van der Waals surface area contributed by atoms with Crippen molar-refractivity contribution in [2.24, 2.45) is 0 Å². The topological polar surface area (TPSA) is 34.3 Å². The molecular weight excluding hydrogens is 662 g/mol. The van der Waals surface area contributed by atoms with E-state index >= 15 is 0 Å². The first kappa shape index (κ1) is 33.0. The van der Waals surface area contributed by atoms with Crippen LogP contribution >= 0.6 is 0 Å². The van der Waals surface area contributed by atoms with Gasteiger partial charge in [0.15, 0.2) is 0 Å². The third-order valence-electron chi connectivity index (χ3n) is 3.13. The van der Waals surface area contributed by atoms with E-state index in [0.717, 1.165) is 5.57 Å².